The maximum absolute atomic E-state index is 7.63. The number of rotatable bonds is 0. The monoisotopic (exact) mass is 79.0 g/mol. The minimum atomic E-state index is -0.361. The van der Waals surface area contributed by atoms with E-state index in [9.17, 15) is 0 Å². The molecule has 0 aliphatic heterocycles. The maximum atomic E-state index is 7.63. The Morgan fingerprint density at radius 3 is 2.25 bits per heavy atom. The average Bonchev–Trinajstić information content (AvgIpc) is 0.811. The van der Waals surface area contributed by atoms with Crippen LogP contribution in [-0.4, -0.2) is 5.11 Å². The van der Waals surface area contributed by atoms with Gasteiger partial charge in [0, 0.05) is 0 Å². The van der Waals surface area contributed by atoms with E-state index >= 15 is 0 Å². The predicted octanol–water partition coefficient (Wildman–Crippen LogP) is 1.37. The van der Waals surface area contributed by atoms with Gasteiger partial charge in [0.05, 0.1) is 0 Å². The van der Waals surface area contributed by atoms with Gasteiger partial charge >= 0.3 is 1.43 Å². The molecule has 0 saturated heterocycles. The van der Waals surface area contributed by atoms with Crippen molar-refractivity contribution in [1.29, 1.82) is 0 Å². The van der Waals surface area contributed by atoms with Crippen LogP contribution >= 0.6 is 11.6 Å². The first-order valence-corrected chi connectivity index (χ1v) is 1.14. The Morgan fingerprint density at radius 1 is 2.25 bits per heavy atom. The number of hydrogen-bond donors (Lipinski definition) is 1. The Labute approximate surface area is 31.0 Å². The zero-order chi connectivity index (χ0) is 3.58. The summed E-state index contributed by atoms with van der Waals surface area (Å²) in [7, 11) is 0. The molecule has 0 bridgehead atoms. The molecule has 0 aliphatic rings. The Balaban J connectivity index is 0. The standard InChI is InChI=1S/C2H3ClO/c1-2(3)4/h4H,1H2/p+1. The molecule has 0 unspecified atom stereocenters. The van der Waals surface area contributed by atoms with E-state index in [-0.39, 0.29) is 6.64 Å². The minimum Gasteiger partial charge on any atom is -0.499 e. The second-order valence-electron chi connectivity index (χ2n) is 0.376. The Bertz CT molecular complexity index is 32.6. The highest BCUT2D eigenvalue weighted by molar-refractivity contribution is 6.27. The molecule has 0 spiro atoms. The molecule has 0 aromatic carbocycles. The zero-order valence-corrected chi connectivity index (χ0v) is 2.79. The maximum Gasteiger partial charge on any atom is 1.00 e. The van der Waals surface area contributed by atoms with E-state index in [1.54, 1.807) is 0 Å². The normalized spacial score (nSPS) is 6.25. The van der Waals surface area contributed by atoms with Crippen molar-refractivity contribution >= 4 is 11.6 Å². The van der Waals surface area contributed by atoms with Crippen molar-refractivity contribution < 1.29 is 6.53 Å². The van der Waals surface area contributed by atoms with Crippen LogP contribution in [0.5, 0.6) is 0 Å². The number of hydrogen-bond acceptors (Lipinski definition) is 1. The van der Waals surface area contributed by atoms with Gasteiger partial charge in [-0.1, -0.05) is 0 Å². The molecule has 0 radical (unpaired) electrons. The molecule has 0 amide bonds. The molecule has 1 N–H and O–H groups in total. The van der Waals surface area contributed by atoms with Crippen LogP contribution in [0.2, 0.25) is 0 Å². The highest BCUT2D eigenvalue weighted by atomic mass is 35.5. The molecule has 24 valence electrons. The van der Waals surface area contributed by atoms with Crippen molar-refractivity contribution in [3.05, 3.63) is 11.8 Å². The SMILES string of the molecule is C=C(O)Cl.[H+]. The van der Waals surface area contributed by atoms with Gasteiger partial charge in [0.25, 0.3) is 0 Å². The van der Waals surface area contributed by atoms with Crippen molar-refractivity contribution in [3.8, 4) is 0 Å². The van der Waals surface area contributed by atoms with E-state index in [1.807, 2.05) is 0 Å². The summed E-state index contributed by atoms with van der Waals surface area (Å²) in [4.78, 5) is 0. The zero-order valence-electron chi connectivity index (χ0n) is 3.03. The Kier molecular flexibility index (Phi) is 1.13. The fourth-order valence-corrected chi connectivity index (χ4v) is 0. The summed E-state index contributed by atoms with van der Waals surface area (Å²) >= 11 is 4.64. The van der Waals surface area contributed by atoms with E-state index in [0.29, 0.717) is 0 Å². The summed E-state index contributed by atoms with van der Waals surface area (Å²) in [5.74, 6) is 0. The molecule has 0 heterocycles. The summed E-state index contributed by atoms with van der Waals surface area (Å²) in [6.45, 7) is 2.88. The molecular formula is C2H4ClO+. The largest absolute Gasteiger partial charge is 1.00 e. The predicted molar refractivity (Wildman–Crippen MR) is 18.7 cm³/mol. The first-order valence-electron chi connectivity index (χ1n) is 0.766. The van der Waals surface area contributed by atoms with Crippen LogP contribution in [0, 0.1) is 0 Å². The minimum absolute atomic E-state index is 0. The lowest BCUT2D eigenvalue weighted by Gasteiger charge is -1.64. The molecule has 0 aliphatic carbocycles. The highest BCUT2D eigenvalue weighted by Crippen LogP contribution is 1.82. The lowest BCUT2D eigenvalue weighted by molar-refractivity contribution is 0.455. The van der Waals surface area contributed by atoms with Crippen molar-refractivity contribution in [2.75, 3.05) is 0 Å². The van der Waals surface area contributed by atoms with Crippen LogP contribution in [0.4, 0.5) is 0 Å². The van der Waals surface area contributed by atoms with Gasteiger partial charge < -0.3 is 5.11 Å². The van der Waals surface area contributed by atoms with Crippen molar-refractivity contribution in [2.45, 2.75) is 0 Å². The molecule has 4 heavy (non-hydrogen) atoms. The molecule has 0 rings (SSSR count). The number of aliphatic hydroxyl groups is 1. The first-order chi connectivity index (χ1) is 1.73. The smallest absolute Gasteiger partial charge is 0.499 e. The fourth-order valence-electron chi connectivity index (χ4n) is 0. The van der Waals surface area contributed by atoms with E-state index in [2.05, 4.69) is 18.2 Å². The lowest BCUT2D eigenvalue weighted by atomic mass is 11.2. The molecule has 0 aromatic heterocycles. The second kappa shape index (κ2) is 1.18. The molecule has 0 saturated carbocycles. The number of aliphatic hydroxyl groups excluding tert-OH is 1. The highest BCUT2D eigenvalue weighted by Gasteiger charge is 1.58. The summed E-state index contributed by atoms with van der Waals surface area (Å²) in [5, 5.41) is 7.27. The van der Waals surface area contributed by atoms with Crippen LogP contribution in [0.1, 0.15) is 1.43 Å². The molecule has 0 atom stereocenters. The van der Waals surface area contributed by atoms with Crippen LogP contribution in [0.3, 0.4) is 0 Å². The first kappa shape index (κ1) is 3.83. The van der Waals surface area contributed by atoms with Crippen LogP contribution < -0.4 is 0 Å². The Hall–Kier alpha value is -0.170. The third-order valence-corrected chi connectivity index (χ3v) is 0. The van der Waals surface area contributed by atoms with Crippen molar-refractivity contribution in [3.63, 3.8) is 0 Å². The van der Waals surface area contributed by atoms with Gasteiger partial charge in [0.15, 0.2) is 5.22 Å². The van der Waals surface area contributed by atoms with Gasteiger partial charge in [-0.25, -0.2) is 0 Å². The van der Waals surface area contributed by atoms with E-state index in [1.165, 1.54) is 0 Å². The third-order valence-electron chi connectivity index (χ3n) is 0. The number of halogens is 1. The van der Waals surface area contributed by atoms with Crippen LogP contribution in [0.25, 0.3) is 0 Å². The molecule has 1 nitrogen and oxygen atoms in total. The van der Waals surface area contributed by atoms with Gasteiger partial charge in [-0.15, -0.1) is 0 Å². The molecule has 2 heteroatoms. The van der Waals surface area contributed by atoms with Gasteiger partial charge in [0.2, 0.25) is 0 Å². The third kappa shape index (κ3) is 43.6. The Morgan fingerprint density at radius 2 is 2.25 bits per heavy atom. The van der Waals surface area contributed by atoms with Gasteiger partial charge in [-0.2, -0.15) is 0 Å². The van der Waals surface area contributed by atoms with E-state index in [0.717, 1.165) is 0 Å². The molecule has 0 fully saturated rings. The summed E-state index contributed by atoms with van der Waals surface area (Å²) in [5.41, 5.74) is 0. The fraction of sp³-hybridized carbons (Fsp3) is 0. The summed E-state index contributed by atoms with van der Waals surface area (Å²) in [6, 6.07) is 0. The van der Waals surface area contributed by atoms with Crippen LogP contribution in [0.15, 0.2) is 11.8 Å². The summed E-state index contributed by atoms with van der Waals surface area (Å²) < 4.78 is 0. The van der Waals surface area contributed by atoms with Gasteiger partial charge in [0.1, 0.15) is 0 Å². The quantitative estimate of drug-likeness (QED) is 0.435. The van der Waals surface area contributed by atoms with Gasteiger partial charge in [-0.05, 0) is 18.2 Å². The van der Waals surface area contributed by atoms with E-state index in [4.69, 9.17) is 5.11 Å². The van der Waals surface area contributed by atoms with E-state index < -0.39 is 0 Å². The van der Waals surface area contributed by atoms with Crippen molar-refractivity contribution in [1.82, 2.24) is 0 Å². The second-order valence-corrected chi connectivity index (χ2v) is 0.813. The van der Waals surface area contributed by atoms with Gasteiger partial charge in [-0.3, -0.25) is 0 Å². The lowest BCUT2D eigenvalue weighted by Crippen LogP contribution is -1.47. The average molecular weight is 79.5 g/mol. The summed E-state index contributed by atoms with van der Waals surface area (Å²) in [6.07, 6.45) is 0. The van der Waals surface area contributed by atoms with Crippen LogP contribution in [-0.2, 0) is 0 Å². The molecule has 0 aromatic rings. The molecular weight excluding hydrogens is 75.5 g/mol. The topological polar surface area (TPSA) is 20.2 Å². The van der Waals surface area contributed by atoms with Crippen molar-refractivity contribution in [2.24, 2.45) is 0 Å².